The van der Waals surface area contributed by atoms with Crippen LogP contribution < -0.4 is 15.8 Å². The van der Waals surface area contributed by atoms with Gasteiger partial charge in [0.15, 0.2) is 0 Å². The van der Waals surface area contributed by atoms with Crippen molar-refractivity contribution in [2.45, 2.75) is 19.4 Å². The molecule has 0 aliphatic rings. The highest BCUT2D eigenvalue weighted by Gasteiger charge is 2.07. The van der Waals surface area contributed by atoms with Gasteiger partial charge in [-0.1, -0.05) is 0 Å². The van der Waals surface area contributed by atoms with Gasteiger partial charge in [0, 0.05) is 5.69 Å². The molecule has 0 aliphatic carbocycles. The van der Waals surface area contributed by atoms with Gasteiger partial charge in [-0.05, 0) is 31.2 Å². The largest absolute Gasteiger partial charge is 0.488 e. The zero-order valence-corrected chi connectivity index (χ0v) is 10.5. The van der Waals surface area contributed by atoms with Crippen molar-refractivity contribution in [2.75, 3.05) is 11.9 Å². The van der Waals surface area contributed by atoms with Crippen LogP contribution in [0.15, 0.2) is 24.3 Å². The Morgan fingerprint density at radius 3 is 2.39 bits per heavy atom. The third-order valence-electron chi connectivity index (χ3n) is 1.91. The molecule has 1 atom stereocenters. The highest BCUT2D eigenvalue weighted by Crippen LogP contribution is 2.16. The van der Waals surface area contributed by atoms with Crippen LogP contribution in [0.25, 0.3) is 0 Å². The van der Waals surface area contributed by atoms with E-state index in [9.17, 15) is 13.6 Å². The SMILES string of the molecule is C[C@@H](N)C(=O)Nc1ccc(OCC(F)F)cc1.Cl. The van der Waals surface area contributed by atoms with Crippen LogP contribution in [0.1, 0.15) is 6.92 Å². The summed E-state index contributed by atoms with van der Waals surface area (Å²) in [6.45, 7) is 0.918. The topological polar surface area (TPSA) is 64.4 Å². The second-order valence-electron chi connectivity index (χ2n) is 3.50. The van der Waals surface area contributed by atoms with Crippen molar-refractivity contribution in [3.63, 3.8) is 0 Å². The number of alkyl halides is 2. The number of nitrogens with two attached hydrogens (primary N) is 1. The van der Waals surface area contributed by atoms with E-state index in [1.165, 1.54) is 12.1 Å². The van der Waals surface area contributed by atoms with Crippen LogP contribution in [0, 0.1) is 0 Å². The second-order valence-corrected chi connectivity index (χ2v) is 3.50. The third kappa shape index (κ3) is 5.79. The molecule has 0 saturated heterocycles. The predicted octanol–water partition coefficient (Wildman–Crippen LogP) is 2.04. The Morgan fingerprint density at radius 2 is 1.94 bits per heavy atom. The van der Waals surface area contributed by atoms with Crippen molar-refractivity contribution in [1.82, 2.24) is 0 Å². The normalized spacial score (nSPS) is 11.6. The molecule has 0 fully saturated rings. The summed E-state index contributed by atoms with van der Waals surface area (Å²) in [4.78, 5) is 11.2. The van der Waals surface area contributed by atoms with Crippen molar-refractivity contribution in [1.29, 1.82) is 0 Å². The van der Waals surface area contributed by atoms with Gasteiger partial charge in [0.05, 0.1) is 6.04 Å². The molecular weight excluding hydrogens is 266 g/mol. The standard InChI is InChI=1S/C11H14F2N2O2.ClH/c1-7(14)11(16)15-8-2-4-9(5-3-8)17-6-10(12)13;/h2-5,7,10H,6,14H2,1H3,(H,15,16);1H/t7-;/m1./s1. The fourth-order valence-corrected chi connectivity index (χ4v) is 1.05. The Balaban J connectivity index is 0.00000289. The number of anilines is 1. The lowest BCUT2D eigenvalue weighted by Crippen LogP contribution is -2.32. The van der Waals surface area contributed by atoms with E-state index in [1.54, 1.807) is 19.1 Å². The fraction of sp³-hybridized carbons (Fsp3) is 0.364. The quantitative estimate of drug-likeness (QED) is 0.867. The summed E-state index contributed by atoms with van der Waals surface area (Å²) < 4.78 is 28.5. The Kier molecular flexibility index (Phi) is 7.23. The van der Waals surface area contributed by atoms with Crippen molar-refractivity contribution in [3.8, 4) is 5.75 Å². The van der Waals surface area contributed by atoms with Gasteiger partial charge in [0.25, 0.3) is 6.43 Å². The van der Waals surface area contributed by atoms with Gasteiger partial charge in [0.1, 0.15) is 12.4 Å². The number of amides is 1. The molecule has 7 heteroatoms. The molecule has 1 aromatic rings. The predicted molar refractivity (Wildman–Crippen MR) is 67.5 cm³/mol. The number of hydrogen-bond donors (Lipinski definition) is 2. The van der Waals surface area contributed by atoms with Gasteiger partial charge >= 0.3 is 0 Å². The molecule has 18 heavy (non-hydrogen) atoms. The molecule has 1 aromatic carbocycles. The number of carbonyl (C=O) groups excluding carboxylic acids is 1. The molecule has 102 valence electrons. The molecular formula is C11H15ClF2N2O2. The maximum absolute atomic E-state index is 11.9. The average Bonchev–Trinajstić information content (AvgIpc) is 2.28. The number of rotatable bonds is 5. The molecule has 0 saturated carbocycles. The lowest BCUT2D eigenvalue weighted by atomic mass is 10.2. The number of carbonyl (C=O) groups is 1. The van der Waals surface area contributed by atoms with E-state index < -0.39 is 19.1 Å². The molecule has 1 amide bonds. The minimum atomic E-state index is -2.51. The molecule has 3 N–H and O–H groups in total. The molecule has 0 radical (unpaired) electrons. The van der Waals surface area contributed by atoms with Crippen molar-refractivity contribution in [3.05, 3.63) is 24.3 Å². The van der Waals surface area contributed by atoms with Crippen molar-refractivity contribution < 1.29 is 18.3 Å². The monoisotopic (exact) mass is 280 g/mol. The summed E-state index contributed by atoms with van der Waals surface area (Å²) in [6.07, 6.45) is -2.51. The van der Waals surface area contributed by atoms with Crippen LogP contribution >= 0.6 is 12.4 Å². The highest BCUT2D eigenvalue weighted by molar-refractivity contribution is 5.94. The van der Waals surface area contributed by atoms with E-state index in [1.807, 2.05) is 0 Å². The first-order valence-electron chi connectivity index (χ1n) is 5.06. The molecule has 0 spiro atoms. The molecule has 0 aliphatic heterocycles. The fourth-order valence-electron chi connectivity index (χ4n) is 1.05. The van der Waals surface area contributed by atoms with E-state index in [2.05, 4.69) is 5.32 Å². The Labute approximate surface area is 110 Å². The maximum atomic E-state index is 11.9. The summed E-state index contributed by atoms with van der Waals surface area (Å²) in [5.41, 5.74) is 5.91. The van der Waals surface area contributed by atoms with Crippen LogP contribution in [0.2, 0.25) is 0 Å². The van der Waals surface area contributed by atoms with E-state index in [0.717, 1.165) is 0 Å². The second kappa shape index (κ2) is 7.84. The van der Waals surface area contributed by atoms with Gasteiger partial charge < -0.3 is 15.8 Å². The average molecular weight is 281 g/mol. The molecule has 0 bridgehead atoms. The summed E-state index contributed by atoms with van der Waals surface area (Å²) in [5.74, 6) is 0.00958. The van der Waals surface area contributed by atoms with Crippen molar-refractivity contribution >= 4 is 24.0 Å². The zero-order chi connectivity index (χ0) is 12.8. The van der Waals surface area contributed by atoms with Crippen LogP contribution in [0.4, 0.5) is 14.5 Å². The van der Waals surface area contributed by atoms with Gasteiger partial charge in [-0.25, -0.2) is 8.78 Å². The lowest BCUT2D eigenvalue weighted by Gasteiger charge is -2.09. The minimum absolute atomic E-state index is 0. The molecule has 0 aromatic heterocycles. The first-order valence-corrected chi connectivity index (χ1v) is 5.06. The molecule has 0 unspecified atom stereocenters. The number of hydrogen-bond acceptors (Lipinski definition) is 3. The van der Waals surface area contributed by atoms with E-state index in [-0.39, 0.29) is 18.3 Å². The number of halogens is 3. The van der Waals surface area contributed by atoms with Gasteiger partial charge in [0.2, 0.25) is 5.91 Å². The summed E-state index contributed by atoms with van der Waals surface area (Å²) in [7, 11) is 0. The van der Waals surface area contributed by atoms with E-state index >= 15 is 0 Å². The Bertz CT molecular complexity index is 372. The van der Waals surface area contributed by atoms with Gasteiger partial charge in [-0.15, -0.1) is 12.4 Å². The first-order chi connectivity index (χ1) is 7.99. The van der Waals surface area contributed by atoms with Crippen LogP contribution in [0.3, 0.4) is 0 Å². The lowest BCUT2D eigenvalue weighted by molar-refractivity contribution is -0.117. The number of nitrogens with one attached hydrogen (secondary N) is 1. The van der Waals surface area contributed by atoms with E-state index in [0.29, 0.717) is 11.4 Å². The summed E-state index contributed by atoms with van der Waals surface area (Å²) in [6, 6.07) is 5.50. The first kappa shape index (κ1) is 16.6. The highest BCUT2D eigenvalue weighted by atomic mass is 35.5. The van der Waals surface area contributed by atoms with Crippen molar-refractivity contribution in [2.24, 2.45) is 5.73 Å². The van der Waals surface area contributed by atoms with Crippen LogP contribution in [-0.2, 0) is 4.79 Å². The summed E-state index contributed by atoms with van der Waals surface area (Å²) in [5, 5.41) is 2.57. The third-order valence-corrected chi connectivity index (χ3v) is 1.91. The van der Waals surface area contributed by atoms with Crippen LogP contribution in [0.5, 0.6) is 5.75 Å². The van der Waals surface area contributed by atoms with Gasteiger partial charge in [-0.2, -0.15) is 0 Å². The molecule has 1 rings (SSSR count). The smallest absolute Gasteiger partial charge is 0.272 e. The maximum Gasteiger partial charge on any atom is 0.272 e. The van der Waals surface area contributed by atoms with Crippen LogP contribution in [-0.4, -0.2) is 25.0 Å². The van der Waals surface area contributed by atoms with E-state index in [4.69, 9.17) is 10.5 Å². The number of benzene rings is 1. The minimum Gasteiger partial charge on any atom is -0.488 e. The molecule has 4 nitrogen and oxygen atoms in total. The Hall–Kier alpha value is -1.40. The summed E-state index contributed by atoms with van der Waals surface area (Å²) >= 11 is 0. The number of ether oxygens (including phenoxy) is 1. The molecule has 0 heterocycles. The Morgan fingerprint density at radius 1 is 1.39 bits per heavy atom. The zero-order valence-electron chi connectivity index (χ0n) is 9.73. The van der Waals surface area contributed by atoms with Gasteiger partial charge in [-0.3, -0.25) is 4.79 Å².